The van der Waals surface area contributed by atoms with Crippen LogP contribution in [0, 0.1) is 0 Å². The highest BCUT2D eigenvalue weighted by molar-refractivity contribution is 5.95. The van der Waals surface area contributed by atoms with Crippen molar-refractivity contribution in [3.05, 3.63) is 48.3 Å². The lowest BCUT2D eigenvalue weighted by Crippen LogP contribution is -2.50. The molecule has 2 N–H and O–H groups in total. The Morgan fingerprint density at radius 3 is 2.63 bits per heavy atom. The van der Waals surface area contributed by atoms with Gasteiger partial charge in [0.2, 0.25) is 17.8 Å². The molecule has 1 unspecified atom stereocenters. The Balaban J connectivity index is 1.31. The number of hydrogen-bond donors (Lipinski definition) is 2. The van der Waals surface area contributed by atoms with Crippen molar-refractivity contribution in [1.29, 1.82) is 0 Å². The summed E-state index contributed by atoms with van der Waals surface area (Å²) in [5.41, 5.74) is 1.73. The third-order valence-corrected chi connectivity index (χ3v) is 4.91. The Bertz CT molecular complexity index is 820. The molecule has 0 spiro atoms. The van der Waals surface area contributed by atoms with E-state index in [0.717, 1.165) is 43.4 Å². The van der Waals surface area contributed by atoms with Gasteiger partial charge in [0.15, 0.2) is 0 Å². The first-order chi connectivity index (χ1) is 13.2. The van der Waals surface area contributed by atoms with E-state index >= 15 is 0 Å². The van der Waals surface area contributed by atoms with Gasteiger partial charge in [-0.05, 0) is 17.7 Å². The van der Waals surface area contributed by atoms with Gasteiger partial charge in [-0.2, -0.15) is 0 Å². The second kappa shape index (κ2) is 7.71. The lowest BCUT2D eigenvalue weighted by molar-refractivity contribution is -0.123. The quantitative estimate of drug-likeness (QED) is 0.832. The summed E-state index contributed by atoms with van der Waals surface area (Å²) in [5, 5.41) is 5.86. The van der Waals surface area contributed by atoms with Crippen LogP contribution >= 0.6 is 0 Å². The molecular weight excluding hydrogens is 344 g/mol. The molecule has 0 bridgehead atoms. The largest absolute Gasteiger partial charge is 0.348 e. The van der Waals surface area contributed by atoms with Gasteiger partial charge < -0.3 is 15.5 Å². The average Bonchev–Trinajstić information content (AvgIpc) is 2.69. The Kier molecular flexibility index (Phi) is 4.97. The second-order valence-electron chi connectivity index (χ2n) is 6.77. The molecule has 0 radical (unpaired) electrons. The van der Waals surface area contributed by atoms with Crippen molar-refractivity contribution in [3.63, 3.8) is 0 Å². The van der Waals surface area contributed by atoms with Gasteiger partial charge in [0.1, 0.15) is 0 Å². The van der Waals surface area contributed by atoms with Crippen LogP contribution in [0.15, 0.2) is 42.7 Å². The smallest absolute Gasteiger partial charge is 0.234 e. The van der Waals surface area contributed by atoms with Crippen LogP contribution in [0.1, 0.15) is 18.0 Å². The maximum atomic E-state index is 12.5. The number of para-hydroxylation sites is 1. The van der Waals surface area contributed by atoms with E-state index in [4.69, 9.17) is 0 Å². The van der Waals surface area contributed by atoms with Crippen LogP contribution in [0.4, 0.5) is 11.6 Å². The highest BCUT2D eigenvalue weighted by Crippen LogP contribution is 2.29. The zero-order valence-electron chi connectivity index (χ0n) is 15.0. The SMILES string of the molecule is O=C1CC(NC(=O)CN2CCN(c3ncccn3)CC2)c2ccccc2N1. The normalized spacial score (nSPS) is 19.9. The molecule has 0 saturated carbocycles. The van der Waals surface area contributed by atoms with E-state index in [2.05, 4.69) is 30.4 Å². The van der Waals surface area contributed by atoms with E-state index in [1.165, 1.54) is 0 Å². The fourth-order valence-electron chi connectivity index (χ4n) is 3.54. The summed E-state index contributed by atoms with van der Waals surface area (Å²) in [4.78, 5) is 37.2. The second-order valence-corrected chi connectivity index (χ2v) is 6.77. The van der Waals surface area contributed by atoms with Gasteiger partial charge in [0.25, 0.3) is 0 Å². The molecule has 1 atom stereocenters. The number of carbonyl (C=O) groups excluding carboxylic acids is 2. The summed E-state index contributed by atoms with van der Waals surface area (Å²) in [5.74, 6) is 0.593. The Morgan fingerprint density at radius 1 is 1.11 bits per heavy atom. The molecular formula is C19H22N6O2. The third-order valence-electron chi connectivity index (χ3n) is 4.91. The number of aromatic nitrogens is 2. The lowest BCUT2D eigenvalue weighted by Gasteiger charge is -2.34. The standard InChI is InChI=1S/C19H22N6O2/c26-17-12-16(14-4-1-2-5-15(14)22-17)23-18(27)13-24-8-10-25(11-9-24)19-20-6-3-7-21-19/h1-7,16H,8-13H2,(H,22,26)(H,23,27). The van der Waals surface area contributed by atoms with E-state index in [1.807, 2.05) is 24.3 Å². The molecule has 8 heteroatoms. The molecule has 1 aromatic heterocycles. The predicted octanol–water partition coefficient (Wildman–Crippen LogP) is 0.798. The molecule has 2 aromatic rings. The number of rotatable bonds is 4. The van der Waals surface area contributed by atoms with E-state index in [-0.39, 0.29) is 24.3 Å². The topological polar surface area (TPSA) is 90.5 Å². The molecule has 1 fully saturated rings. The minimum absolute atomic E-state index is 0.0612. The molecule has 3 heterocycles. The minimum Gasteiger partial charge on any atom is -0.348 e. The maximum absolute atomic E-state index is 12.5. The molecule has 2 amide bonds. The molecule has 1 aromatic carbocycles. The molecule has 2 aliphatic heterocycles. The van der Waals surface area contributed by atoms with Gasteiger partial charge in [0.05, 0.1) is 19.0 Å². The molecule has 0 aliphatic carbocycles. The average molecular weight is 366 g/mol. The number of amides is 2. The number of carbonyl (C=O) groups is 2. The minimum atomic E-state index is -0.276. The third kappa shape index (κ3) is 4.06. The highest BCUT2D eigenvalue weighted by Gasteiger charge is 2.27. The fourth-order valence-corrected chi connectivity index (χ4v) is 3.54. The number of nitrogens with zero attached hydrogens (tertiary/aromatic N) is 4. The van der Waals surface area contributed by atoms with E-state index in [0.29, 0.717) is 6.54 Å². The van der Waals surface area contributed by atoms with Gasteiger partial charge in [0, 0.05) is 44.3 Å². The summed E-state index contributed by atoms with van der Waals surface area (Å²) >= 11 is 0. The molecule has 140 valence electrons. The summed E-state index contributed by atoms with van der Waals surface area (Å²) in [6.07, 6.45) is 3.74. The van der Waals surface area contributed by atoms with Gasteiger partial charge in [-0.3, -0.25) is 14.5 Å². The highest BCUT2D eigenvalue weighted by atomic mass is 16.2. The first-order valence-corrected chi connectivity index (χ1v) is 9.11. The maximum Gasteiger partial charge on any atom is 0.234 e. The van der Waals surface area contributed by atoms with Gasteiger partial charge in [-0.25, -0.2) is 9.97 Å². The van der Waals surface area contributed by atoms with Gasteiger partial charge >= 0.3 is 0 Å². The van der Waals surface area contributed by atoms with Crippen LogP contribution < -0.4 is 15.5 Å². The van der Waals surface area contributed by atoms with Crippen LogP contribution in [0.25, 0.3) is 0 Å². The van der Waals surface area contributed by atoms with Gasteiger partial charge in [-0.15, -0.1) is 0 Å². The fraction of sp³-hybridized carbons (Fsp3) is 0.368. The monoisotopic (exact) mass is 366 g/mol. The summed E-state index contributed by atoms with van der Waals surface area (Å²) in [7, 11) is 0. The van der Waals surface area contributed by atoms with E-state index < -0.39 is 0 Å². The van der Waals surface area contributed by atoms with Crippen LogP contribution in [-0.2, 0) is 9.59 Å². The number of nitrogens with one attached hydrogen (secondary N) is 2. The number of hydrogen-bond acceptors (Lipinski definition) is 6. The van der Waals surface area contributed by atoms with Crippen molar-refractivity contribution in [1.82, 2.24) is 20.2 Å². The first-order valence-electron chi connectivity index (χ1n) is 9.11. The Morgan fingerprint density at radius 2 is 1.85 bits per heavy atom. The Labute approximate surface area is 157 Å². The summed E-state index contributed by atoms with van der Waals surface area (Å²) < 4.78 is 0. The molecule has 1 saturated heterocycles. The van der Waals surface area contributed by atoms with Crippen molar-refractivity contribution in [2.75, 3.05) is 42.9 Å². The zero-order chi connectivity index (χ0) is 18.6. The summed E-state index contributed by atoms with van der Waals surface area (Å²) in [6, 6.07) is 9.11. The number of benzene rings is 1. The van der Waals surface area contributed by atoms with Crippen molar-refractivity contribution >= 4 is 23.5 Å². The van der Waals surface area contributed by atoms with Gasteiger partial charge in [-0.1, -0.05) is 18.2 Å². The molecule has 27 heavy (non-hydrogen) atoms. The number of fused-ring (bicyclic) bond motifs is 1. The summed E-state index contributed by atoms with van der Waals surface area (Å²) in [6.45, 7) is 3.43. The molecule has 2 aliphatic rings. The first kappa shape index (κ1) is 17.4. The van der Waals surface area contributed by atoms with Crippen LogP contribution in [-0.4, -0.2) is 59.4 Å². The van der Waals surface area contributed by atoms with Crippen molar-refractivity contribution in [2.24, 2.45) is 0 Å². The molecule has 8 nitrogen and oxygen atoms in total. The Hall–Kier alpha value is -3.00. The lowest BCUT2D eigenvalue weighted by atomic mass is 9.97. The van der Waals surface area contributed by atoms with Crippen LogP contribution in [0.2, 0.25) is 0 Å². The van der Waals surface area contributed by atoms with Crippen molar-refractivity contribution < 1.29 is 9.59 Å². The van der Waals surface area contributed by atoms with E-state index in [9.17, 15) is 9.59 Å². The number of anilines is 2. The van der Waals surface area contributed by atoms with Crippen molar-refractivity contribution in [3.8, 4) is 0 Å². The van der Waals surface area contributed by atoms with Crippen LogP contribution in [0.5, 0.6) is 0 Å². The zero-order valence-corrected chi connectivity index (χ0v) is 15.0. The van der Waals surface area contributed by atoms with Crippen LogP contribution in [0.3, 0.4) is 0 Å². The predicted molar refractivity (Wildman–Crippen MR) is 101 cm³/mol. The molecule has 4 rings (SSSR count). The van der Waals surface area contributed by atoms with E-state index in [1.54, 1.807) is 18.5 Å². The number of piperazine rings is 1. The van der Waals surface area contributed by atoms with Crippen molar-refractivity contribution in [2.45, 2.75) is 12.5 Å².